The van der Waals surface area contributed by atoms with Crippen molar-refractivity contribution in [2.45, 2.75) is 45.7 Å². The first-order valence-electron chi connectivity index (χ1n) is 8.93. The Hall–Kier alpha value is -1.98. The first-order valence-corrected chi connectivity index (χ1v) is 9.75. The number of H-pyrrole nitrogens is 1. The van der Waals surface area contributed by atoms with Crippen LogP contribution in [-0.2, 0) is 19.4 Å². The van der Waals surface area contributed by atoms with Crippen molar-refractivity contribution in [1.82, 2.24) is 15.3 Å². The zero-order valence-electron chi connectivity index (χ0n) is 14.6. The molecular weight excluding hydrogens is 330 g/mol. The minimum absolute atomic E-state index is 0.00430. The van der Waals surface area contributed by atoms with Gasteiger partial charge in [-0.1, -0.05) is 37.3 Å². The molecule has 2 atom stereocenters. The average molecular weight is 353 g/mol. The lowest BCUT2D eigenvalue weighted by Gasteiger charge is -2.17. The second-order valence-corrected chi connectivity index (χ2v) is 8.15. The van der Waals surface area contributed by atoms with E-state index in [9.17, 15) is 4.79 Å². The lowest BCUT2D eigenvalue weighted by molar-refractivity contribution is 0.509. The fourth-order valence-electron chi connectivity index (χ4n) is 3.53. The molecule has 3 aromatic rings. The zero-order chi connectivity index (χ0) is 17.4. The molecule has 0 bridgehead atoms. The van der Waals surface area contributed by atoms with Crippen molar-refractivity contribution >= 4 is 21.6 Å². The maximum Gasteiger partial charge on any atom is 0.259 e. The molecular formula is C20H23N3OS. The quantitative estimate of drug-likeness (QED) is 0.746. The van der Waals surface area contributed by atoms with E-state index in [2.05, 4.69) is 29.4 Å². The molecule has 0 unspecified atom stereocenters. The summed E-state index contributed by atoms with van der Waals surface area (Å²) in [5, 5.41) is 4.27. The molecule has 1 aliphatic rings. The van der Waals surface area contributed by atoms with Gasteiger partial charge in [-0.15, -0.1) is 11.3 Å². The van der Waals surface area contributed by atoms with Crippen LogP contribution in [0.15, 0.2) is 35.1 Å². The smallest absolute Gasteiger partial charge is 0.259 e. The Balaban J connectivity index is 1.61. The van der Waals surface area contributed by atoms with Crippen LogP contribution in [0.3, 0.4) is 0 Å². The Morgan fingerprint density at radius 3 is 2.96 bits per heavy atom. The van der Waals surface area contributed by atoms with Gasteiger partial charge in [-0.05, 0) is 43.2 Å². The van der Waals surface area contributed by atoms with Gasteiger partial charge in [0, 0.05) is 11.4 Å². The van der Waals surface area contributed by atoms with Gasteiger partial charge < -0.3 is 10.3 Å². The lowest BCUT2D eigenvalue weighted by Crippen LogP contribution is -2.23. The van der Waals surface area contributed by atoms with Gasteiger partial charge in [-0.3, -0.25) is 4.79 Å². The lowest BCUT2D eigenvalue weighted by atomic mass is 9.89. The van der Waals surface area contributed by atoms with E-state index in [0.717, 1.165) is 41.8 Å². The molecule has 4 rings (SSSR count). The van der Waals surface area contributed by atoms with Crippen LogP contribution in [0, 0.1) is 5.92 Å². The molecule has 0 fully saturated rings. The molecule has 1 aliphatic carbocycles. The molecule has 0 radical (unpaired) electrons. The highest BCUT2D eigenvalue weighted by molar-refractivity contribution is 7.18. The van der Waals surface area contributed by atoms with Crippen LogP contribution in [0.4, 0.5) is 0 Å². The van der Waals surface area contributed by atoms with E-state index in [4.69, 9.17) is 4.98 Å². The topological polar surface area (TPSA) is 57.8 Å². The Kier molecular flexibility index (Phi) is 4.44. The zero-order valence-corrected chi connectivity index (χ0v) is 15.5. The van der Waals surface area contributed by atoms with Gasteiger partial charge in [-0.25, -0.2) is 4.98 Å². The number of aromatic amines is 1. The van der Waals surface area contributed by atoms with Crippen LogP contribution in [0.25, 0.3) is 10.2 Å². The van der Waals surface area contributed by atoms with Gasteiger partial charge in [-0.2, -0.15) is 0 Å². The molecule has 2 heterocycles. The number of nitrogens with zero attached hydrogens (tertiary/aromatic N) is 1. The molecule has 2 N–H and O–H groups in total. The van der Waals surface area contributed by atoms with Crippen molar-refractivity contribution in [2.75, 3.05) is 0 Å². The van der Waals surface area contributed by atoms with Crippen LogP contribution in [-0.4, -0.2) is 9.97 Å². The summed E-state index contributed by atoms with van der Waals surface area (Å²) in [4.78, 5) is 22.7. The van der Waals surface area contributed by atoms with Crippen molar-refractivity contribution in [2.24, 2.45) is 5.92 Å². The molecule has 0 aliphatic heterocycles. The van der Waals surface area contributed by atoms with Crippen molar-refractivity contribution in [3.05, 3.63) is 62.5 Å². The van der Waals surface area contributed by atoms with Crippen LogP contribution in [0.1, 0.15) is 48.1 Å². The highest BCUT2D eigenvalue weighted by Gasteiger charge is 2.23. The van der Waals surface area contributed by atoms with Gasteiger partial charge in [0.1, 0.15) is 10.7 Å². The predicted octanol–water partition coefficient (Wildman–Crippen LogP) is 3.96. The summed E-state index contributed by atoms with van der Waals surface area (Å²) in [6, 6.07) is 10.3. The largest absolute Gasteiger partial charge is 0.309 e. The molecule has 5 heteroatoms. The number of hydrogen-bond donors (Lipinski definition) is 2. The molecule has 0 saturated carbocycles. The van der Waals surface area contributed by atoms with E-state index in [-0.39, 0.29) is 11.6 Å². The standard InChI is InChI=1S/C20H23N3OS/c1-12-8-9-15-16(10-12)25-20-17(15)19(24)22-18(23-20)13(2)21-11-14-6-4-3-5-7-14/h3-7,12-13,21H,8-11H2,1-2H3,(H,22,23,24)/t12-,13+/m0/s1. The van der Waals surface area contributed by atoms with Gasteiger partial charge in [0.25, 0.3) is 5.56 Å². The summed E-state index contributed by atoms with van der Waals surface area (Å²) in [7, 11) is 0. The molecule has 0 amide bonds. The third kappa shape index (κ3) is 3.26. The number of thiophene rings is 1. The highest BCUT2D eigenvalue weighted by atomic mass is 32.1. The molecule has 130 valence electrons. The average Bonchev–Trinajstić information content (AvgIpc) is 2.98. The van der Waals surface area contributed by atoms with Crippen molar-refractivity contribution in [3.8, 4) is 0 Å². The van der Waals surface area contributed by atoms with Gasteiger partial charge in [0.2, 0.25) is 0 Å². The maximum absolute atomic E-state index is 12.7. The summed E-state index contributed by atoms with van der Waals surface area (Å²) >= 11 is 1.70. The van der Waals surface area contributed by atoms with Gasteiger partial charge >= 0.3 is 0 Å². The fraction of sp³-hybridized carbons (Fsp3) is 0.400. The molecule has 2 aromatic heterocycles. The maximum atomic E-state index is 12.7. The number of aromatic nitrogens is 2. The van der Waals surface area contributed by atoms with Crippen molar-refractivity contribution < 1.29 is 0 Å². The van der Waals surface area contributed by atoms with E-state index in [0.29, 0.717) is 5.92 Å². The minimum atomic E-state index is -0.00430. The second-order valence-electron chi connectivity index (χ2n) is 7.07. The first-order chi connectivity index (χ1) is 12.1. The molecule has 0 saturated heterocycles. The number of fused-ring (bicyclic) bond motifs is 3. The van der Waals surface area contributed by atoms with E-state index in [1.807, 2.05) is 25.1 Å². The van der Waals surface area contributed by atoms with E-state index >= 15 is 0 Å². The highest BCUT2D eigenvalue weighted by Crippen LogP contribution is 2.35. The summed E-state index contributed by atoms with van der Waals surface area (Å²) in [6.07, 6.45) is 3.24. The third-order valence-electron chi connectivity index (χ3n) is 5.05. The van der Waals surface area contributed by atoms with Crippen molar-refractivity contribution in [1.29, 1.82) is 0 Å². The van der Waals surface area contributed by atoms with Gasteiger partial charge in [0.15, 0.2) is 0 Å². The predicted molar refractivity (Wildman–Crippen MR) is 103 cm³/mol. The number of aryl methyl sites for hydroxylation is 1. The Morgan fingerprint density at radius 2 is 2.16 bits per heavy atom. The number of rotatable bonds is 4. The summed E-state index contributed by atoms with van der Waals surface area (Å²) < 4.78 is 0. The number of nitrogens with one attached hydrogen (secondary N) is 2. The summed E-state index contributed by atoms with van der Waals surface area (Å²) in [6.45, 7) is 5.08. The Labute approximate surface area is 151 Å². The summed E-state index contributed by atoms with van der Waals surface area (Å²) in [5.74, 6) is 1.42. The molecule has 4 nitrogen and oxygen atoms in total. The second kappa shape index (κ2) is 6.73. The Bertz CT molecular complexity index is 945. The van der Waals surface area contributed by atoms with E-state index < -0.39 is 0 Å². The SMILES string of the molecule is C[C@H]1CCc2c(sc3nc([C@@H](C)NCc4ccccc4)[nH]c(=O)c23)C1. The van der Waals surface area contributed by atoms with Gasteiger partial charge in [0.05, 0.1) is 11.4 Å². The van der Waals surface area contributed by atoms with Crippen LogP contribution in [0.2, 0.25) is 0 Å². The normalized spacial score (nSPS) is 18.2. The third-order valence-corrected chi connectivity index (χ3v) is 6.20. The monoisotopic (exact) mass is 353 g/mol. The number of benzene rings is 1. The van der Waals surface area contributed by atoms with Crippen molar-refractivity contribution in [3.63, 3.8) is 0 Å². The van der Waals surface area contributed by atoms with Crippen LogP contribution >= 0.6 is 11.3 Å². The van der Waals surface area contributed by atoms with E-state index in [1.54, 1.807) is 11.3 Å². The van der Waals surface area contributed by atoms with E-state index in [1.165, 1.54) is 16.0 Å². The minimum Gasteiger partial charge on any atom is -0.309 e. The Morgan fingerprint density at radius 1 is 1.36 bits per heavy atom. The fourth-order valence-corrected chi connectivity index (χ4v) is 4.92. The molecule has 25 heavy (non-hydrogen) atoms. The summed E-state index contributed by atoms with van der Waals surface area (Å²) in [5.41, 5.74) is 2.47. The van der Waals surface area contributed by atoms with Crippen LogP contribution < -0.4 is 10.9 Å². The number of hydrogen-bond acceptors (Lipinski definition) is 4. The molecule has 1 aromatic carbocycles. The first kappa shape index (κ1) is 16.5. The van der Waals surface area contributed by atoms with Crippen LogP contribution in [0.5, 0.6) is 0 Å². The molecule has 0 spiro atoms.